The number of amides is 1. The van der Waals surface area contributed by atoms with Crippen LogP contribution in [0.15, 0.2) is 54.6 Å². The van der Waals surface area contributed by atoms with Crippen molar-refractivity contribution in [2.24, 2.45) is 0 Å². The van der Waals surface area contributed by atoms with Crippen LogP contribution in [0.5, 0.6) is 0 Å². The summed E-state index contributed by atoms with van der Waals surface area (Å²) in [4.78, 5) is 28.7. The second kappa shape index (κ2) is 8.09. The number of nitrogens with one attached hydrogen (secondary N) is 1. The van der Waals surface area contributed by atoms with E-state index in [0.29, 0.717) is 16.3 Å². The third kappa shape index (κ3) is 4.38. The zero-order valence-electron chi connectivity index (χ0n) is 14.5. The normalized spacial score (nSPS) is 11.8. The molecule has 0 aliphatic rings. The van der Waals surface area contributed by atoms with Crippen LogP contribution in [-0.2, 0) is 11.2 Å². The Bertz CT molecular complexity index is 972. The summed E-state index contributed by atoms with van der Waals surface area (Å²) in [6.07, 6.45) is 0.167. The molecule has 2 aromatic carbocycles. The highest BCUT2D eigenvalue weighted by atomic mass is 32.1. The Morgan fingerprint density at radius 2 is 1.81 bits per heavy atom. The highest BCUT2D eigenvalue weighted by Crippen LogP contribution is 2.29. The summed E-state index contributed by atoms with van der Waals surface area (Å²) < 4.78 is 14.0. The molecule has 0 aliphatic carbocycles. The Hall–Kier alpha value is -3.06. The minimum atomic E-state index is -1.12. The molecule has 1 aromatic heterocycles. The van der Waals surface area contributed by atoms with Gasteiger partial charge in [0.15, 0.2) is 0 Å². The van der Waals surface area contributed by atoms with Crippen molar-refractivity contribution >= 4 is 23.2 Å². The number of carbonyl (C=O) groups excluding carboxylic acids is 1. The van der Waals surface area contributed by atoms with Crippen LogP contribution >= 0.6 is 11.3 Å². The van der Waals surface area contributed by atoms with Gasteiger partial charge in [0, 0.05) is 12.0 Å². The fourth-order valence-corrected chi connectivity index (χ4v) is 3.63. The molecule has 0 fully saturated rings. The number of aromatic nitrogens is 1. The number of aliphatic carboxylic acids is 1. The van der Waals surface area contributed by atoms with Crippen molar-refractivity contribution in [1.29, 1.82) is 0 Å². The number of hydrogen-bond donors (Lipinski definition) is 2. The molecule has 7 heteroatoms. The number of nitrogens with zero attached hydrogens (tertiary/aromatic N) is 1. The summed E-state index contributed by atoms with van der Waals surface area (Å²) in [5.41, 5.74) is 1.54. The highest BCUT2D eigenvalue weighted by molar-refractivity contribution is 7.17. The van der Waals surface area contributed by atoms with Gasteiger partial charge in [0.05, 0.1) is 5.69 Å². The third-order valence-electron chi connectivity index (χ3n) is 3.99. The number of hydrogen-bond acceptors (Lipinski definition) is 4. The molecule has 27 heavy (non-hydrogen) atoms. The number of rotatable bonds is 6. The zero-order chi connectivity index (χ0) is 19.4. The molecular formula is C20H17FN2O3S. The number of aryl methyl sites for hydroxylation is 1. The van der Waals surface area contributed by atoms with Gasteiger partial charge in [0.25, 0.3) is 5.91 Å². The van der Waals surface area contributed by atoms with E-state index >= 15 is 0 Å². The van der Waals surface area contributed by atoms with Gasteiger partial charge in [-0.05, 0) is 24.6 Å². The minimum absolute atomic E-state index is 0.167. The molecule has 3 rings (SSSR count). The van der Waals surface area contributed by atoms with Crippen LogP contribution in [0.4, 0.5) is 4.39 Å². The SMILES string of the molecule is Cc1nc(-c2ccccc2F)sc1C(=O)N[C@@H](Cc1ccccc1)C(=O)O. The Labute approximate surface area is 159 Å². The molecule has 0 saturated heterocycles. The van der Waals surface area contributed by atoms with E-state index in [4.69, 9.17) is 0 Å². The van der Waals surface area contributed by atoms with E-state index in [0.717, 1.165) is 16.9 Å². The van der Waals surface area contributed by atoms with Crippen LogP contribution in [0.2, 0.25) is 0 Å². The number of carbonyl (C=O) groups is 2. The fraction of sp³-hybridized carbons (Fsp3) is 0.150. The van der Waals surface area contributed by atoms with Gasteiger partial charge >= 0.3 is 5.97 Å². The van der Waals surface area contributed by atoms with E-state index in [2.05, 4.69) is 10.3 Å². The Morgan fingerprint density at radius 3 is 2.48 bits per heavy atom. The standard InChI is InChI=1S/C20H17FN2O3S/c1-12-17(27-19(22-12)14-9-5-6-10-15(14)21)18(24)23-16(20(25)26)11-13-7-3-2-4-8-13/h2-10,16H,11H2,1H3,(H,23,24)(H,25,26)/t16-/m0/s1. The molecule has 0 saturated carbocycles. The average molecular weight is 384 g/mol. The minimum Gasteiger partial charge on any atom is -0.480 e. The second-order valence-corrected chi connectivity index (χ2v) is 6.97. The molecule has 1 atom stereocenters. The first-order valence-corrected chi connectivity index (χ1v) is 9.07. The van der Waals surface area contributed by atoms with Gasteiger partial charge in [0.2, 0.25) is 0 Å². The topological polar surface area (TPSA) is 79.3 Å². The van der Waals surface area contributed by atoms with Crippen molar-refractivity contribution in [3.8, 4) is 10.6 Å². The Balaban J connectivity index is 1.81. The van der Waals surface area contributed by atoms with E-state index in [-0.39, 0.29) is 11.3 Å². The summed E-state index contributed by atoms with van der Waals surface area (Å²) >= 11 is 1.04. The first kappa shape index (κ1) is 18.7. The number of halogens is 1. The lowest BCUT2D eigenvalue weighted by Gasteiger charge is -2.14. The van der Waals surface area contributed by atoms with E-state index in [9.17, 15) is 19.1 Å². The maximum atomic E-state index is 14.0. The predicted molar refractivity (Wildman–Crippen MR) is 101 cm³/mol. The van der Waals surface area contributed by atoms with Crippen molar-refractivity contribution in [2.45, 2.75) is 19.4 Å². The largest absolute Gasteiger partial charge is 0.480 e. The van der Waals surface area contributed by atoms with E-state index < -0.39 is 23.7 Å². The van der Waals surface area contributed by atoms with Crippen LogP contribution < -0.4 is 5.32 Å². The summed E-state index contributed by atoms with van der Waals surface area (Å²) in [5.74, 6) is -2.08. The quantitative estimate of drug-likeness (QED) is 0.679. The van der Waals surface area contributed by atoms with Crippen molar-refractivity contribution in [1.82, 2.24) is 10.3 Å². The molecule has 0 radical (unpaired) electrons. The fourth-order valence-electron chi connectivity index (χ4n) is 2.63. The molecule has 0 bridgehead atoms. The first-order chi connectivity index (χ1) is 13.0. The summed E-state index contributed by atoms with van der Waals surface area (Å²) in [5, 5.41) is 12.4. The molecule has 0 spiro atoms. The average Bonchev–Trinajstić information content (AvgIpc) is 3.04. The highest BCUT2D eigenvalue weighted by Gasteiger charge is 2.24. The Morgan fingerprint density at radius 1 is 1.15 bits per heavy atom. The van der Waals surface area contributed by atoms with Crippen LogP contribution in [0.25, 0.3) is 10.6 Å². The van der Waals surface area contributed by atoms with Gasteiger partial charge in [0.1, 0.15) is 21.7 Å². The summed E-state index contributed by atoms with van der Waals surface area (Å²) in [6, 6.07) is 14.2. The molecule has 5 nitrogen and oxygen atoms in total. The van der Waals surface area contributed by atoms with E-state index in [1.807, 2.05) is 18.2 Å². The lowest BCUT2D eigenvalue weighted by atomic mass is 10.1. The van der Waals surface area contributed by atoms with Gasteiger partial charge in [-0.3, -0.25) is 4.79 Å². The van der Waals surface area contributed by atoms with Crippen molar-refractivity contribution in [2.75, 3.05) is 0 Å². The second-order valence-electron chi connectivity index (χ2n) is 5.97. The van der Waals surface area contributed by atoms with Gasteiger partial charge < -0.3 is 10.4 Å². The third-order valence-corrected chi connectivity index (χ3v) is 5.18. The van der Waals surface area contributed by atoms with Gasteiger partial charge in [-0.25, -0.2) is 14.2 Å². The molecule has 1 heterocycles. The molecule has 0 unspecified atom stereocenters. The Kier molecular flexibility index (Phi) is 5.61. The molecular weight excluding hydrogens is 367 g/mol. The van der Waals surface area contributed by atoms with E-state index in [1.165, 1.54) is 6.07 Å². The van der Waals surface area contributed by atoms with Crippen molar-refractivity contribution in [3.05, 3.63) is 76.5 Å². The predicted octanol–water partition coefficient (Wildman–Crippen LogP) is 3.68. The van der Waals surface area contributed by atoms with Gasteiger partial charge in [-0.1, -0.05) is 42.5 Å². The van der Waals surface area contributed by atoms with Crippen molar-refractivity contribution in [3.63, 3.8) is 0 Å². The number of benzene rings is 2. The monoisotopic (exact) mass is 384 g/mol. The smallest absolute Gasteiger partial charge is 0.326 e. The van der Waals surface area contributed by atoms with Crippen LogP contribution in [0.1, 0.15) is 20.9 Å². The van der Waals surface area contributed by atoms with Crippen LogP contribution in [-0.4, -0.2) is 28.0 Å². The number of carboxylic acid groups (broad SMARTS) is 1. The van der Waals surface area contributed by atoms with Crippen molar-refractivity contribution < 1.29 is 19.1 Å². The lowest BCUT2D eigenvalue weighted by molar-refractivity contribution is -0.139. The zero-order valence-corrected chi connectivity index (χ0v) is 15.3. The number of thiazole rings is 1. The maximum absolute atomic E-state index is 14.0. The molecule has 1 amide bonds. The summed E-state index contributed by atoms with van der Waals surface area (Å²) in [7, 11) is 0. The van der Waals surface area contributed by atoms with Crippen LogP contribution in [0, 0.1) is 12.7 Å². The molecule has 0 aliphatic heterocycles. The summed E-state index contributed by atoms with van der Waals surface area (Å²) in [6.45, 7) is 1.64. The van der Waals surface area contributed by atoms with Gasteiger partial charge in [-0.2, -0.15) is 0 Å². The molecule has 2 N–H and O–H groups in total. The van der Waals surface area contributed by atoms with Gasteiger partial charge in [-0.15, -0.1) is 11.3 Å². The lowest BCUT2D eigenvalue weighted by Crippen LogP contribution is -2.42. The molecule has 3 aromatic rings. The first-order valence-electron chi connectivity index (χ1n) is 8.25. The maximum Gasteiger partial charge on any atom is 0.326 e. The number of carboxylic acids is 1. The van der Waals surface area contributed by atoms with Crippen LogP contribution in [0.3, 0.4) is 0 Å². The molecule has 138 valence electrons. The van der Waals surface area contributed by atoms with E-state index in [1.54, 1.807) is 37.3 Å².